The molecule has 8 heteroatoms. The Morgan fingerprint density at radius 3 is 2.45 bits per heavy atom. The van der Waals surface area contributed by atoms with Crippen molar-refractivity contribution in [1.29, 1.82) is 0 Å². The molecule has 3 aliphatic rings. The van der Waals surface area contributed by atoms with Crippen LogP contribution in [0.25, 0.3) is 0 Å². The second-order valence-corrected chi connectivity index (χ2v) is 11.5. The first-order valence-corrected chi connectivity index (χ1v) is 13.5. The number of hydrogen-bond donors (Lipinski definition) is 0. The van der Waals surface area contributed by atoms with Crippen LogP contribution >= 0.6 is 11.3 Å². The predicted octanol–water partition coefficient (Wildman–Crippen LogP) is 3.26. The SMILES string of the molecule is O=C(c1sccc1S(=O)(=O)N1CCCC1)N1CCCN(CC2CCCCC2)CC1. The summed E-state index contributed by atoms with van der Waals surface area (Å²) in [5, 5.41) is 1.74. The molecule has 162 valence electrons. The molecule has 0 atom stereocenters. The molecule has 0 spiro atoms. The van der Waals surface area contributed by atoms with E-state index in [0.29, 0.717) is 31.1 Å². The molecule has 3 heterocycles. The zero-order chi connectivity index (χ0) is 20.3. The fourth-order valence-electron chi connectivity index (χ4n) is 4.96. The van der Waals surface area contributed by atoms with E-state index in [1.165, 1.54) is 47.7 Å². The molecule has 2 aliphatic heterocycles. The number of amides is 1. The van der Waals surface area contributed by atoms with Crippen LogP contribution in [0.2, 0.25) is 0 Å². The molecule has 0 unspecified atom stereocenters. The smallest absolute Gasteiger partial charge is 0.265 e. The van der Waals surface area contributed by atoms with Crippen LogP contribution in [0.3, 0.4) is 0 Å². The molecule has 29 heavy (non-hydrogen) atoms. The molecule has 1 aromatic rings. The number of carbonyl (C=O) groups excluding carboxylic acids is 1. The number of thiophene rings is 1. The maximum Gasteiger partial charge on any atom is 0.265 e. The lowest BCUT2D eigenvalue weighted by atomic mass is 9.89. The van der Waals surface area contributed by atoms with Gasteiger partial charge < -0.3 is 9.80 Å². The molecular weight excluding hydrogens is 406 g/mol. The van der Waals surface area contributed by atoms with Crippen LogP contribution in [0.15, 0.2) is 16.3 Å². The summed E-state index contributed by atoms with van der Waals surface area (Å²) in [6.07, 6.45) is 9.52. The predicted molar refractivity (Wildman–Crippen MR) is 116 cm³/mol. The van der Waals surface area contributed by atoms with Gasteiger partial charge in [-0.3, -0.25) is 4.79 Å². The summed E-state index contributed by atoms with van der Waals surface area (Å²) in [5.41, 5.74) is 0. The Labute approximate surface area is 178 Å². The number of nitrogens with zero attached hydrogens (tertiary/aromatic N) is 3. The molecule has 1 aromatic heterocycles. The molecule has 1 amide bonds. The van der Waals surface area contributed by atoms with Crippen molar-refractivity contribution in [3.8, 4) is 0 Å². The van der Waals surface area contributed by atoms with Crippen molar-refractivity contribution in [3.63, 3.8) is 0 Å². The highest BCUT2D eigenvalue weighted by atomic mass is 32.2. The van der Waals surface area contributed by atoms with E-state index < -0.39 is 10.0 Å². The number of sulfonamides is 1. The van der Waals surface area contributed by atoms with Crippen LogP contribution in [0.1, 0.15) is 61.0 Å². The van der Waals surface area contributed by atoms with Gasteiger partial charge in [-0.05, 0) is 56.0 Å². The Bertz CT molecular complexity index is 796. The largest absolute Gasteiger partial charge is 0.337 e. The monoisotopic (exact) mass is 439 g/mol. The van der Waals surface area contributed by atoms with Gasteiger partial charge in [0, 0.05) is 39.3 Å². The van der Waals surface area contributed by atoms with E-state index in [-0.39, 0.29) is 10.8 Å². The normalized spacial score (nSPS) is 23.4. The maximum atomic E-state index is 13.2. The summed E-state index contributed by atoms with van der Waals surface area (Å²) in [7, 11) is -3.56. The molecule has 0 N–H and O–H groups in total. The minimum Gasteiger partial charge on any atom is -0.337 e. The second kappa shape index (κ2) is 9.45. The molecule has 0 radical (unpaired) electrons. The van der Waals surface area contributed by atoms with Crippen LogP contribution in [0.4, 0.5) is 0 Å². The lowest BCUT2D eigenvalue weighted by Crippen LogP contribution is -2.37. The van der Waals surface area contributed by atoms with Gasteiger partial charge in [-0.1, -0.05) is 19.3 Å². The average molecular weight is 440 g/mol. The van der Waals surface area contributed by atoms with E-state index >= 15 is 0 Å². The summed E-state index contributed by atoms with van der Waals surface area (Å²) >= 11 is 1.26. The molecule has 4 rings (SSSR count). The van der Waals surface area contributed by atoms with Crippen LogP contribution in [-0.2, 0) is 10.0 Å². The van der Waals surface area contributed by atoms with Crippen molar-refractivity contribution in [2.45, 2.75) is 56.3 Å². The molecule has 1 saturated carbocycles. The van der Waals surface area contributed by atoms with E-state index in [4.69, 9.17) is 0 Å². The minimum atomic E-state index is -3.56. The summed E-state index contributed by atoms with van der Waals surface area (Å²) < 4.78 is 27.5. The van der Waals surface area contributed by atoms with Crippen molar-refractivity contribution in [3.05, 3.63) is 16.3 Å². The zero-order valence-electron chi connectivity index (χ0n) is 17.2. The number of carbonyl (C=O) groups is 1. The fourth-order valence-corrected chi connectivity index (χ4v) is 7.84. The van der Waals surface area contributed by atoms with Gasteiger partial charge in [0.2, 0.25) is 10.0 Å². The van der Waals surface area contributed by atoms with E-state index in [1.54, 1.807) is 11.4 Å². The van der Waals surface area contributed by atoms with E-state index in [9.17, 15) is 13.2 Å². The van der Waals surface area contributed by atoms with Crippen LogP contribution in [0.5, 0.6) is 0 Å². The highest BCUT2D eigenvalue weighted by Crippen LogP contribution is 2.29. The van der Waals surface area contributed by atoms with Gasteiger partial charge in [-0.15, -0.1) is 11.3 Å². The lowest BCUT2D eigenvalue weighted by molar-refractivity contribution is 0.0761. The van der Waals surface area contributed by atoms with Gasteiger partial charge in [0.25, 0.3) is 5.91 Å². The van der Waals surface area contributed by atoms with Gasteiger partial charge in [-0.2, -0.15) is 4.31 Å². The average Bonchev–Trinajstić information content (AvgIpc) is 3.39. The molecule has 0 bridgehead atoms. The van der Waals surface area contributed by atoms with Gasteiger partial charge in [0.15, 0.2) is 0 Å². The molecule has 0 aromatic carbocycles. The van der Waals surface area contributed by atoms with Gasteiger partial charge >= 0.3 is 0 Å². The Morgan fingerprint density at radius 2 is 1.69 bits per heavy atom. The Kier molecular flexibility index (Phi) is 6.94. The maximum absolute atomic E-state index is 13.2. The minimum absolute atomic E-state index is 0.114. The van der Waals surface area contributed by atoms with E-state index in [2.05, 4.69) is 4.90 Å². The molecule has 1 aliphatic carbocycles. The third-order valence-corrected chi connectivity index (χ3v) is 9.60. The Balaban J connectivity index is 1.41. The third-order valence-electron chi connectivity index (χ3n) is 6.62. The van der Waals surface area contributed by atoms with Gasteiger partial charge in [-0.25, -0.2) is 8.42 Å². The van der Waals surface area contributed by atoms with Crippen LogP contribution < -0.4 is 0 Å². The summed E-state index contributed by atoms with van der Waals surface area (Å²) in [6.45, 7) is 5.59. The van der Waals surface area contributed by atoms with Gasteiger partial charge in [0.1, 0.15) is 9.77 Å². The molecule has 6 nitrogen and oxygen atoms in total. The second-order valence-electron chi connectivity index (χ2n) is 8.68. The Hall–Kier alpha value is -0.960. The first-order chi connectivity index (χ1) is 14.1. The molecular formula is C21H33N3O3S2. The van der Waals surface area contributed by atoms with Crippen molar-refractivity contribution in [2.24, 2.45) is 5.92 Å². The summed E-state index contributed by atoms with van der Waals surface area (Å²) in [5.74, 6) is 0.692. The van der Waals surface area contributed by atoms with Crippen LogP contribution in [-0.4, -0.2) is 74.2 Å². The lowest BCUT2D eigenvalue weighted by Gasteiger charge is -2.28. The highest BCUT2D eigenvalue weighted by molar-refractivity contribution is 7.89. The van der Waals surface area contributed by atoms with Crippen molar-refractivity contribution < 1.29 is 13.2 Å². The van der Waals surface area contributed by atoms with Crippen molar-refractivity contribution in [1.82, 2.24) is 14.1 Å². The standard InChI is InChI=1S/C21H33N3O3S2/c25-21(20-19(9-16-28-20)29(26,27)24-12-4-5-13-24)23-11-6-10-22(14-15-23)17-18-7-2-1-3-8-18/h9,16,18H,1-8,10-15,17H2. The fraction of sp³-hybridized carbons (Fsp3) is 0.762. The van der Waals surface area contributed by atoms with Gasteiger partial charge in [0.05, 0.1) is 0 Å². The third kappa shape index (κ3) is 4.86. The quantitative estimate of drug-likeness (QED) is 0.707. The molecule has 3 fully saturated rings. The molecule has 2 saturated heterocycles. The van der Waals surface area contributed by atoms with E-state index in [1.807, 2.05) is 4.90 Å². The Morgan fingerprint density at radius 1 is 0.931 bits per heavy atom. The first kappa shape index (κ1) is 21.3. The summed E-state index contributed by atoms with van der Waals surface area (Å²) in [4.78, 5) is 18.2. The van der Waals surface area contributed by atoms with Crippen molar-refractivity contribution in [2.75, 3.05) is 45.8 Å². The number of rotatable bonds is 5. The number of hydrogen-bond acceptors (Lipinski definition) is 5. The highest BCUT2D eigenvalue weighted by Gasteiger charge is 2.33. The zero-order valence-corrected chi connectivity index (χ0v) is 18.9. The topological polar surface area (TPSA) is 60.9 Å². The van der Waals surface area contributed by atoms with Crippen molar-refractivity contribution >= 4 is 27.3 Å². The van der Waals surface area contributed by atoms with E-state index in [0.717, 1.165) is 44.8 Å². The summed E-state index contributed by atoms with van der Waals surface area (Å²) in [6, 6.07) is 1.61. The first-order valence-electron chi connectivity index (χ1n) is 11.1. The van der Waals surface area contributed by atoms with Crippen LogP contribution in [0, 0.1) is 5.92 Å².